The number of carbonyl (C=O) groups is 2. The molecule has 1 aliphatic rings. The maximum atomic E-state index is 12.8. The van der Waals surface area contributed by atoms with Gasteiger partial charge in [0.1, 0.15) is 11.5 Å². The van der Waals surface area contributed by atoms with E-state index in [1.54, 1.807) is 29.2 Å². The van der Waals surface area contributed by atoms with E-state index in [1.807, 2.05) is 26.0 Å². The number of nitrogens with zero attached hydrogens (tertiary/aromatic N) is 1. The van der Waals surface area contributed by atoms with Crippen molar-refractivity contribution in [2.45, 2.75) is 38.9 Å². The average Bonchev–Trinajstić information content (AvgIpc) is 3.28. The Bertz CT molecular complexity index is 820. The van der Waals surface area contributed by atoms with Gasteiger partial charge >= 0.3 is 0 Å². The zero-order chi connectivity index (χ0) is 19.4. The summed E-state index contributed by atoms with van der Waals surface area (Å²) >= 11 is 6.08. The van der Waals surface area contributed by atoms with Crippen molar-refractivity contribution in [3.05, 3.63) is 58.5 Å². The van der Waals surface area contributed by atoms with Gasteiger partial charge in [-0.05, 0) is 44.5 Å². The molecule has 0 saturated carbocycles. The van der Waals surface area contributed by atoms with Crippen LogP contribution < -0.4 is 10.6 Å². The molecule has 0 bridgehead atoms. The lowest BCUT2D eigenvalue weighted by molar-refractivity contribution is -0.133. The van der Waals surface area contributed by atoms with Crippen molar-refractivity contribution in [3.8, 4) is 0 Å². The van der Waals surface area contributed by atoms with Crippen molar-refractivity contribution in [1.29, 1.82) is 0 Å². The van der Waals surface area contributed by atoms with Gasteiger partial charge in [-0.25, -0.2) is 0 Å². The summed E-state index contributed by atoms with van der Waals surface area (Å²) in [5.74, 6) is 1.39. The lowest BCUT2D eigenvalue weighted by Gasteiger charge is -2.23. The van der Waals surface area contributed by atoms with Crippen LogP contribution in [0.25, 0.3) is 0 Å². The fraction of sp³-hybridized carbons (Fsp3) is 0.400. The Morgan fingerprint density at radius 1 is 1.30 bits per heavy atom. The molecule has 7 heteroatoms. The number of halogens is 1. The smallest absolute Gasteiger partial charge is 0.253 e. The number of aryl methyl sites for hydroxylation is 1. The van der Waals surface area contributed by atoms with Gasteiger partial charge in [0, 0.05) is 19.1 Å². The highest BCUT2D eigenvalue weighted by Crippen LogP contribution is 2.17. The Morgan fingerprint density at radius 2 is 2.07 bits per heavy atom. The molecule has 1 fully saturated rings. The third-order valence-electron chi connectivity index (χ3n) is 4.72. The van der Waals surface area contributed by atoms with Gasteiger partial charge in [0.15, 0.2) is 0 Å². The van der Waals surface area contributed by atoms with Gasteiger partial charge in [-0.15, -0.1) is 0 Å². The van der Waals surface area contributed by atoms with E-state index in [2.05, 4.69) is 10.6 Å². The molecule has 1 saturated heterocycles. The van der Waals surface area contributed by atoms with Crippen LogP contribution in [0.3, 0.4) is 0 Å². The predicted octanol–water partition coefficient (Wildman–Crippen LogP) is 2.75. The first-order valence-electron chi connectivity index (χ1n) is 9.10. The second kappa shape index (κ2) is 8.59. The van der Waals surface area contributed by atoms with Crippen LogP contribution in [0.4, 0.5) is 0 Å². The van der Waals surface area contributed by atoms with Gasteiger partial charge in [-0.1, -0.05) is 23.7 Å². The molecule has 1 aliphatic heterocycles. The molecule has 2 heterocycles. The second-order valence-corrected chi connectivity index (χ2v) is 7.12. The van der Waals surface area contributed by atoms with Gasteiger partial charge in [-0.2, -0.15) is 0 Å². The first-order valence-corrected chi connectivity index (χ1v) is 9.48. The minimum absolute atomic E-state index is 0.0149. The summed E-state index contributed by atoms with van der Waals surface area (Å²) < 4.78 is 5.58. The largest absolute Gasteiger partial charge is 0.464 e. The Kier molecular flexibility index (Phi) is 6.19. The number of hydrogen-bond donors (Lipinski definition) is 2. The summed E-state index contributed by atoms with van der Waals surface area (Å²) in [6, 6.07) is 10.3. The van der Waals surface area contributed by atoms with Crippen molar-refractivity contribution in [2.24, 2.45) is 0 Å². The van der Waals surface area contributed by atoms with Gasteiger partial charge in [0.2, 0.25) is 5.91 Å². The SMILES string of the molecule is CCN(Cc1ccc(C)o1)C(=O)C1CC(NC(=O)c2ccccc2Cl)CN1. The maximum absolute atomic E-state index is 12.8. The lowest BCUT2D eigenvalue weighted by Crippen LogP contribution is -2.43. The molecule has 27 heavy (non-hydrogen) atoms. The highest BCUT2D eigenvalue weighted by Gasteiger charge is 2.33. The Morgan fingerprint density at radius 3 is 2.74 bits per heavy atom. The normalized spacial score (nSPS) is 19.1. The monoisotopic (exact) mass is 389 g/mol. The molecule has 6 nitrogen and oxygen atoms in total. The summed E-state index contributed by atoms with van der Waals surface area (Å²) in [7, 11) is 0. The number of likely N-dealkylation sites (N-methyl/N-ethyl adjacent to an activating group) is 1. The molecule has 1 aromatic heterocycles. The van der Waals surface area contributed by atoms with E-state index in [4.69, 9.17) is 16.0 Å². The van der Waals surface area contributed by atoms with Crippen LogP contribution in [0.2, 0.25) is 5.02 Å². The fourth-order valence-electron chi connectivity index (χ4n) is 3.27. The maximum Gasteiger partial charge on any atom is 0.253 e. The van der Waals surface area contributed by atoms with Gasteiger partial charge in [0.25, 0.3) is 5.91 Å². The average molecular weight is 390 g/mol. The van der Waals surface area contributed by atoms with E-state index >= 15 is 0 Å². The van der Waals surface area contributed by atoms with E-state index in [1.165, 1.54) is 0 Å². The molecular formula is C20H24ClN3O3. The number of furan rings is 1. The molecule has 0 radical (unpaired) electrons. The topological polar surface area (TPSA) is 74.6 Å². The lowest BCUT2D eigenvalue weighted by atomic mass is 10.1. The van der Waals surface area contributed by atoms with E-state index in [0.717, 1.165) is 11.5 Å². The number of rotatable bonds is 6. The number of benzene rings is 1. The zero-order valence-electron chi connectivity index (χ0n) is 15.5. The molecule has 0 spiro atoms. The number of nitrogens with one attached hydrogen (secondary N) is 2. The second-order valence-electron chi connectivity index (χ2n) is 6.71. The van der Waals surface area contributed by atoms with Gasteiger partial charge < -0.3 is 20.0 Å². The predicted molar refractivity (Wildman–Crippen MR) is 104 cm³/mol. The van der Waals surface area contributed by atoms with Crippen LogP contribution in [-0.4, -0.2) is 41.9 Å². The minimum Gasteiger partial charge on any atom is -0.464 e. The summed E-state index contributed by atoms with van der Waals surface area (Å²) in [5, 5.41) is 6.59. The molecule has 1 aromatic carbocycles. The van der Waals surface area contributed by atoms with Crippen molar-refractivity contribution in [1.82, 2.24) is 15.5 Å². The zero-order valence-corrected chi connectivity index (χ0v) is 16.3. The highest BCUT2D eigenvalue weighted by atomic mass is 35.5. The molecule has 2 amide bonds. The summed E-state index contributed by atoms with van der Waals surface area (Å²) in [4.78, 5) is 27.0. The van der Waals surface area contributed by atoms with Crippen LogP contribution in [0, 0.1) is 6.92 Å². The minimum atomic E-state index is -0.322. The van der Waals surface area contributed by atoms with Crippen LogP contribution in [0.5, 0.6) is 0 Å². The molecule has 2 atom stereocenters. The van der Waals surface area contributed by atoms with Crippen molar-refractivity contribution in [3.63, 3.8) is 0 Å². The van der Waals surface area contributed by atoms with Crippen molar-refractivity contribution < 1.29 is 14.0 Å². The Balaban J connectivity index is 1.57. The van der Waals surface area contributed by atoms with Gasteiger partial charge in [-0.3, -0.25) is 9.59 Å². The van der Waals surface area contributed by atoms with Crippen molar-refractivity contribution in [2.75, 3.05) is 13.1 Å². The molecular weight excluding hydrogens is 366 g/mol. The molecule has 2 unspecified atom stereocenters. The Labute approximate surface area is 163 Å². The van der Waals surface area contributed by atoms with Crippen molar-refractivity contribution >= 4 is 23.4 Å². The molecule has 2 N–H and O–H groups in total. The molecule has 2 aromatic rings. The first-order chi connectivity index (χ1) is 13.0. The van der Waals surface area contributed by atoms with E-state index in [-0.39, 0.29) is 23.9 Å². The standard InChI is InChI=1S/C20H24ClN3O3/c1-3-24(12-15-9-8-13(2)27-15)20(26)18-10-14(11-22-18)23-19(25)16-6-4-5-7-17(16)21/h4-9,14,18,22H,3,10-12H2,1-2H3,(H,23,25). The first kappa shape index (κ1) is 19.5. The highest BCUT2D eigenvalue weighted by molar-refractivity contribution is 6.33. The quantitative estimate of drug-likeness (QED) is 0.796. The number of hydrogen-bond acceptors (Lipinski definition) is 4. The van der Waals surface area contributed by atoms with Crippen LogP contribution in [0.1, 0.15) is 35.2 Å². The van der Waals surface area contributed by atoms with E-state index < -0.39 is 0 Å². The molecule has 144 valence electrons. The molecule has 3 rings (SSSR count). The van der Waals surface area contributed by atoms with E-state index in [9.17, 15) is 9.59 Å². The summed E-state index contributed by atoms with van der Waals surface area (Å²) in [5.41, 5.74) is 0.442. The third kappa shape index (κ3) is 4.70. The third-order valence-corrected chi connectivity index (χ3v) is 5.05. The van der Waals surface area contributed by atoms with Crippen LogP contribution in [0.15, 0.2) is 40.8 Å². The Hall–Kier alpha value is -2.31. The number of carbonyl (C=O) groups excluding carboxylic acids is 2. The number of amides is 2. The van der Waals surface area contributed by atoms with Crippen LogP contribution >= 0.6 is 11.6 Å². The summed E-state index contributed by atoms with van der Waals surface area (Å²) in [6.45, 7) is 5.40. The van der Waals surface area contributed by atoms with E-state index in [0.29, 0.717) is 36.6 Å². The summed E-state index contributed by atoms with van der Waals surface area (Å²) in [6.07, 6.45) is 0.544. The van der Waals surface area contributed by atoms with Crippen LogP contribution in [-0.2, 0) is 11.3 Å². The van der Waals surface area contributed by atoms with Gasteiger partial charge in [0.05, 0.1) is 23.2 Å². The fourth-order valence-corrected chi connectivity index (χ4v) is 3.49. The molecule has 0 aliphatic carbocycles.